The number of phenols is 1. The van der Waals surface area contributed by atoms with Crippen LogP contribution in [0.25, 0.3) is 28.2 Å². The number of hydrogen-bond donors (Lipinski definition) is 2. The molecule has 0 radical (unpaired) electrons. The number of nitrogens with one attached hydrogen (secondary N) is 1. The van der Waals surface area contributed by atoms with Crippen molar-refractivity contribution >= 4 is 12.1 Å². The van der Waals surface area contributed by atoms with Gasteiger partial charge in [-0.2, -0.15) is 5.10 Å². The number of aromatic hydroxyl groups is 1. The fraction of sp³-hybridized carbons (Fsp3) is 0.0323. The Kier molecular flexibility index (Phi) is 6.45. The first-order chi connectivity index (χ1) is 17.6. The lowest BCUT2D eigenvalue weighted by molar-refractivity contribution is 0.0952. The highest BCUT2D eigenvalue weighted by molar-refractivity contribution is 5.98. The van der Waals surface area contributed by atoms with E-state index in [9.17, 15) is 9.90 Å². The Morgan fingerprint density at radius 2 is 1.42 bits per heavy atom. The minimum absolute atomic E-state index is 0.0907. The minimum atomic E-state index is -0.480. The van der Waals surface area contributed by atoms with Crippen LogP contribution in [0.15, 0.2) is 120 Å². The number of aryl methyl sites for hydroxylation is 1. The molecule has 5 aromatic rings. The second kappa shape index (κ2) is 10.2. The number of benzene rings is 4. The summed E-state index contributed by atoms with van der Waals surface area (Å²) in [5.41, 5.74) is 9.81. The summed E-state index contributed by atoms with van der Waals surface area (Å²) < 4.78 is 2.22. The number of para-hydroxylation sites is 1. The molecule has 0 aliphatic rings. The highest BCUT2D eigenvalue weighted by atomic mass is 16.3. The second-order valence-corrected chi connectivity index (χ2v) is 8.45. The summed E-state index contributed by atoms with van der Waals surface area (Å²) >= 11 is 0. The fourth-order valence-corrected chi connectivity index (χ4v) is 4.19. The summed E-state index contributed by atoms with van der Waals surface area (Å²) in [6.45, 7) is 2.07. The van der Waals surface area contributed by atoms with Crippen LogP contribution in [0.5, 0.6) is 5.75 Å². The Labute approximate surface area is 210 Å². The Morgan fingerprint density at radius 1 is 0.806 bits per heavy atom. The average molecular weight is 472 g/mol. The lowest BCUT2D eigenvalue weighted by Crippen LogP contribution is -2.17. The first-order valence-electron chi connectivity index (χ1n) is 11.7. The molecule has 0 aliphatic carbocycles. The first kappa shape index (κ1) is 22.9. The Morgan fingerprint density at radius 3 is 2.08 bits per heavy atom. The highest BCUT2D eigenvalue weighted by Crippen LogP contribution is 2.35. The van der Waals surface area contributed by atoms with Gasteiger partial charge in [0.25, 0.3) is 5.91 Å². The predicted octanol–water partition coefficient (Wildman–Crippen LogP) is 6.59. The van der Waals surface area contributed by atoms with Crippen LogP contribution in [0.4, 0.5) is 0 Å². The smallest absolute Gasteiger partial charge is 0.275 e. The lowest BCUT2D eigenvalue weighted by atomic mass is 10.1. The van der Waals surface area contributed by atoms with Gasteiger partial charge in [-0.1, -0.05) is 90.5 Å². The molecule has 1 amide bonds. The van der Waals surface area contributed by atoms with Crippen LogP contribution in [-0.2, 0) is 0 Å². The number of aromatic nitrogens is 1. The lowest BCUT2D eigenvalue weighted by Gasteiger charge is -2.15. The van der Waals surface area contributed by atoms with Gasteiger partial charge in [-0.3, -0.25) is 4.79 Å². The summed E-state index contributed by atoms with van der Waals surface area (Å²) in [5.74, 6) is -0.570. The van der Waals surface area contributed by atoms with Gasteiger partial charge in [-0.15, -0.1) is 0 Å². The predicted molar refractivity (Wildman–Crippen MR) is 145 cm³/mol. The van der Waals surface area contributed by atoms with Crippen molar-refractivity contribution in [2.24, 2.45) is 5.10 Å². The molecule has 5 rings (SSSR count). The third-order valence-corrected chi connectivity index (χ3v) is 5.96. The largest absolute Gasteiger partial charge is 0.507 e. The molecule has 0 spiro atoms. The molecule has 0 aliphatic heterocycles. The summed E-state index contributed by atoms with van der Waals surface area (Å²) in [6.07, 6.45) is 1.65. The molecule has 0 saturated carbocycles. The van der Waals surface area contributed by atoms with Crippen LogP contribution in [0.2, 0.25) is 0 Å². The maximum Gasteiger partial charge on any atom is 0.275 e. The quantitative estimate of drug-likeness (QED) is 0.217. The van der Waals surface area contributed by atoms with E-state index in [1.54, 1.807) is 24.4 Å². The van der Waals surface area contributed by atoms with E-state index in [0.717, 1.165) is 33.8 Å². The van der Waals surface area contributed by atoms with Gasteiger partial charge in [0.2, 0.25) is 0 Å². The normalized spacial score (nSPS) is 11.0. The minimum Gasteiger partial charge on any atom is -0.507 e. The van der Waals surface area contributed by atoms with Crippen molar-refractivity contribution in [2.45, 2.75) is 6.92 Å². The van der Waals surface area contributed by atoms with Crippen molar-refractivity contribution < 1.29 is 9.90 Å². The number of phenolic OH excluding ortho intramolecular Hbond substituents is 1. The summed E-state index contributed by atoms with van der Waals surface area (Å²) in [6, 6.07) is 37.2. The van der Waals surface area contributed by atoms with Gasteiger partial charge < -0.3 is 9.67 Å². The zero-order chi connectivity index (χ0) is 24.9. The van der Waals surface area contributed by atoms with E-state index in [1.807, 2.05) is 36.4 Å². The van der Waals surface area contributed by atoms with Gasteiger partial charge in [0.05, 0.1) is 23.2 Å². The molecule has 2 N–H and O–H groups in total. The van der Waals surface area contributed by atoms with Crippen molar-refractivity contribution in [3.05, 3.63) is 132 Å². The molecule has 0 atom stereocenters. The van der Waals surface area contributed by atoms with Gasteiger partial charge in [0.15, 0.2) is 0 Å². The highest BCUT2D eigenvalue weighted by Gasteiger charge is 2.19. The van der Waals surface area contributed by atoms with Crippen LogP contribution >= 0.6 is 0 Å². The Balaban J connectivity index is 1.64. The second-order valence-electron chi connectivity index (χ2n) is 8.45. The molecule has 0 fully saturated rings. The number of hydrazone groups is 1. The average Bonchev–Trinajstić information content (AvgIpc) is 3.29. The molecule has 4 aromatic carbocycles. The van der Waals surface area contributed by atoms with Crippen LogP contribution < -0.4 is 5.43 Å². The van der Waals surface area contributed by atoms with E-state index in [1.165, 1.54) is 11.6 Å². The van der Waals surface area contributed by atoms with Crippen molar-refractivity contribution in [1.82, 2.24) is 9.99 Å². The van der Waals surface area contributed by atoms with Crippen molar-refractivity contribution in [1.29, 1.82) is 0 Å². The summed E-state index contributed by atoms with van der Waals surface area (Å²) in [4.78, 5) is 12.6. The molecule has 0 unspecified atom stereocenters. The van der Waals surface area contributed by atoms with Crippen molar-refractivity contribution in [3.63, 3.8) is 0 Å². The van der Waals surface area contributed by atoms with Crippen LogP contribution in [-0.4, -0.2) is 21.8 Å². The number of carbonyl (C=O) groups excluding carboxylic acids is 1. The SMILES string of the molecule is Cc1ccc(-n2c(-c3ccccc3)cc(/C=N/NC(=O)c3ccccc3O)c2-c2ccccc2)cc1. The van der Waals surface area contributed by atoms with E-state index in [0.29, 0.717) is 0 Å². The zero-order valence-electron chi connectivity index (χ0n) is 19.8. The maximum atomic E-state index is 12.6. The van der Waals surface area contributed by atoms with Crippen molar-refractivity contribution in [3.8, 4) is 34.0 Å². The summed E-state index contributed by atoms with van der Waals surface area (Å²) in [7, 11) is 0. The van der Waals surface area contributed by atoms with E-state index in [-0.39, 0.29) is 11.3 Å². The number of nitrogens with zero attached hydrogens (tertiary/aromatic N) is 2. The van der Waals surface area contributed by atoms with Crippen molar-refractivity contribution in [2.75, 3.05) is 0 Å². The number of carbonyl (C=O) groups is 1. The molecular formula is C31H25N3O2. The molecule has 1 heterocycles. The van der Waals surface area contributed by atoms with Crippen LogP contribution in [0, 0.1) is 6.92 Å². The maximum absolute atomic E-state index is 12.6. The fourth-order valence-electron chi connectivity index (χ4n) is 4.19. The van der Waals surface area contributed by atoms with E-state index in [2.05, 4.69) is 76.6 Å². The van der Waals surface area contributed by atoms with Gasteiger partial charge >= 0.3 is 0 Å². The van der Waals surface area contributed by atoms with Gasteiger partial charge in [0.1, 0.15) is 5.75 Å². The molecule has 1 aromatic heterocycles. The van der Waals surface area contributed by atoms with Crippen LogP contribution in [0.3, 0.4) is 0 Å². The number of hydrogen-bond acceptors (Lipinski definition) is 3. The third kappa shape index (κ3) is 4.68. The molecule has 5 heteroatoms. The van der Waals surface area contributed by atoms with Gasteiger partial charge in [-0.05, 0) is 48.4 Å². The Hall–Kier alpha value is -4.90. The third-order valence-electron chi connectivity index (χ3n) is 5.96. The first-order valence-corrected chi connectivity index (χ1v) is 11.7. The van der Waals surface area contributed by atoms with E-state index < -0.39 is 5.91 Å². The topological polar surface area (TPSA) is 66.6 Å². The molecular weight excluding hydrogens is 446 g/mol. The summed E-state index contributed by atoms with van der Waals surface area (Å²) in [5, 5.41) is 14.2. The Bertz CT molecular complexity index is 1520. The number of rotatable bonds is 6. The number of amides is 1. The van der Waals surface area contributed by atoms with Crippen LogP contribution in [0.1, 0.15) is 21.5 Å². The monoisotopic (exact) mass is 471 g/mol. The molecule has 36 heavy (non-hydrogen) atoms. The molecule has 0 bridgehead atoms. The standard InChI is InChI=1S/C31H25N3O2/c1-22-16-18-26(19-17-22)34-28(23-10-4-2-5-11-23)20-25(30(34)24-12-6-3-7-13-24)21-32-33-31(36)27-14-8-9-15-29(27)35/h2-21,35H,1H3,(H,33,36)/b32-21+. The van der Waals surface area contributed by atoms with E-state index >= 15 is 0 Å². The molecule has 176 valence electrons. The zero-order valence-corrected chi connectivity index (χ0v) is 19.8. The van der Waals surface area contributed by atoms with Gasteiger partial charge in [0, 0.05) is 11.3 Å². The van der Waals surface area contributed by atoms with Gasteiger partial charge in [-0.25, -0.2) is 5.43 Å². The molecule has 0 saturated heterocycles. The molecule has 5 nitrogen and oxygen atoms in total. The van der Waals surface area contributed by atoms with E-state index in [4.69, 9.17) is 0 Å².